The van der Waals surface area contributed by atoms with Gasteiger partial charge in [0.25, 0.3) is 0 Å². The molecule has 0 spiro atoms. The topological polar surface area (TPSA) is 36.4 Å². The summed E-state index contributed by atoms with van der Waals surface area (Å²) in [7, 11) is 0. The molecule has 0 bridgehead atoms. The molecule has 3 heteroatoms. The minimum atomic E-state index is 0.899. The van der Waals surface area contributed by atoms with Crippen LogP contribution in [0.2, 0.25) is 10.8 Å². The summed E-state index contributed by atoms with van der Waals surface area (Å²) in [6, 6.07) is 10.2. The van der Waals surface area contributed by atoms with Gasteiger partial charge in [-0.3, -0.25) is 0 Å². The fraction of sp³-hybridized carbons (Fsp3) is 0.795. The second-order valence-corrected chi connectivity index (χ2v) is 26.2. The number of hydrogen-bond donors (Lipinski definition) is 0. The third-order valence-electron chi connectivity index (χ3n) is 17.5. The van der Waals surface area contributed by atoms with Crippen molar-refractivity contribution in [1.29, 1.82) is 0 Å². The van der Waals surface area contributed by atoms with Crippen molar-refractivity contribution in [1.82, 2.24) is 0 Å². The smallest absolute Gasteiger partial charge is 0.0654 e. The average molecular weight is 1160 g/mol. The van der Waals surface area contributed by atoms with E-state index in [9.17, 15) is 5.53 Å². The number of aryl methyl sites for hydroxylation is 4. The van der Waals surface area contributed by atoms with E-state index in [0.29, 0.717) is 0 Å². The molecule has 0 saturated heterocycles. The predicted octanol–water partition coefficient (Wildman–Crippen LogP) is 26.8. The van der Waals surface area contributed by atoms with Gasteiger partial charge in [-0.1, -0.05) is 190 Å². The summed E-state index contributed by atoms with van der Waals surface area (Å²) >= 11 is 2.04. The van der Waals surface area contributed by atoms with Crippen LogP contribution in [0.25, 0.3) is 11.1 Å². The Labute approximate surface area is 514 Å². The number of hydrogen-bond acceptors (Lipinski definition) is 0. The van der Waals surface area contributed by atoms with E-state index in [0.717, 1.165) is 69.8 Å². The van der Waals surface area contributed by atoms with Gasteiger partial charge in [-0.15, -0.1) is 4.79 Å². The van der Waals surface area contributed by atoms with Gasteiger partial charge in [0.1, 0.15) is 0 Å². The van der Waals surface area contributed by atoms with Crippen LogP contribution in [0, 0.1) is 0 Å². The van der Waals surface area contributed by atoms with Crippen LogP contribution in [-0.2, 0) is 53.0 Å². The average Bonchev–Trinajstić information content (AvgIpc) is 3.48. The fourth-order valence-corrected chi connectivity index (χ4v) is 13.6. The summed E-state index contributed by atoms with van der Waals surface area (Å²) in [6.45, 7) is 23.1. The molecule has 2 aromatic rings. The number of rotatable bonds is 55. The summed E-state index contributed by atoms with van der Waals surface area (Å²) in [5.74, 6) is 3.15. The standard InChI is InChI=1S/C46H72N2.2C16H33.Ni/c1-9-17-22-26-38-33-42(34-39(27-23-18-10-2)44(38)30-25-20-12-4)46(41-31-36(14-6)43(16-8)37(15-7)32-41)45(29-21-13-5)40(35-48-47)28-24-19-11-3;2*1-3-5-7-9-11-13-15-16-14-12-10-8-6-4-2;/h31-34H,9-30H2,1-8H3;2*1,3-16H2,2H3;. The molecular weight excluding hydrogens is 1020 g/mol. The van der Waals surface area contributed by atoms with Crippen LogP contribution in [0.4, 0.5) is 0 Å². The van der Waals surface area contributed by atoms with Gasteiger partial charge in [-0.05, 0) is 139 Å². The predicted molar refractivity (Wildman–Crippen MR) is 363 cm³/mol. The molecule has 0 amide bonds. The Morgan fingerprint density at radius 1 is 0.333 bits per heavy atom. The molecule has 0 aliphatic heterocycles. The molecule has 0 N–H and O–H groups in total. The molecule has 0 atom stereocenters. The second-order valence-electron chi connectivity index (χ2n) is 24.7. The molecule has 470 valence electrons. The molecule has 0 heterocycles. The van der Waals surface area contributed by atoms with Crippen LogP contribution in [0.3, 0.4) is 0 Å². The maximum atomic E-state index is 9.96. The second kappa shape index (κ2) is 56.9. The number of nitrogens with zero attached hydrogens (tertiary/aromatic N) is 2. The number of allylic oxidation sites excluding steroid dienone is 2. The minimum Gasteiger partial charge on any atom is -0.0654 e. The molecule has 2 nitrogen and oxygen atoms in total. The zero-order chi connectivity index (χ0) is 59.1. The van der Waals surface area contributed by atoms with Crippen LogP contribution in [0.1, 0.15) is 396 Å². The SMILES string of the molecule is CCCCCC(=C=[N+]=[N-])C(CCCC)=C(c1cc(CC)c(CC)c(CC)c1)c1cc(CCCCC)c(CCCCC)c(CCCCC)c1.CCCCCCCCCCCCCCC[CH2][Ni][CH2]CCCCCCCCCCCCCCC. The van der Waals surface area contributed by atoms with Gasteiger partial charge in [0.2, 0.25) is 0 Å². The quantitative estimate of drug-likeness (QED) is 0.0158. The van der Waals surface area contributed by atoms with Crippen LogP contribution >= 0.6 is 0 Å². The van der Waals surface area contributed by atoms with Crippen molar-refractivity contribution >= 4 is 11.4 Å². The molecule has 81 heavy (non-hydrogen) atoms. The summed E-state index contributed by atoms with van der Waals surface area (Å²) < 4.78 is 0. The maximum absolute atomic E-state index is 9.96. The van der Waals surface area contributed by atoms with Gasteiger partial charge in [0.15, 0.2) is 0 Å². The van der Waals surface area contributed by atoms with E-state index in [4.69, 9.17) is 0 Å². The number of benzene rings is 2. The first kappa shape index (κ1) is 76.8. The third-order valence-corrected chi connectivity index (χ3v) is 18.9. The first-order valence-corrected chi connectivity index (χ1v) is 37.7. The van der Waals surface area contributed by atoms with Crippen LogP contribution in [0.5, 0.6) is 0 Å². The Morgan fingerprint density at radius 2 is 0.654 bits per heavy atom. The van der Waals surface area contributed by atoms with E-state index in [1.165, 1.54) is 307 Å². The van der Waals surface area contributed by atoms with Crippen molar-refractivity contribution in [3.8, 4) is 0 Å². The molecule has 0 aliphatic carbocycles. The van der Waals surface area contributed by atoms with Gasteiger partial charge in [0.05, 0.1) is 5.57 Å². The Bertz CT molecular complexity index is 1790. The zero-order valence-corrected chi connectivity index (χ0v) is 57.3. The van der Waals surface area contributed by atoms with E-state index < -0.39 is 0 Å². The van der Waals surface area contributed by atoms with E-state index in [2.05, 4.69) is 104 Å². The Kier molecular flexibility index (Phi) is 54.0. The van der Waals surface area contributed by atoms with Gasteiger partial charge in [0, 0.05) is 0 Å². The monoisotopic (exact) mass is 1160 g/mol. The summed E-state index contributed by atoms with van der Waals surface area (Å²) in [4.78, 5) is 3.58. The summed E-state index contributed by atoms with van der Waals surface area (Å²) in [5.41, 5.74) is 25.8. The zero-order valence-electron chi connectivity index (χ0n) is 56.3. The Hall–Kier alpha value is -2.17. The molecule has 0 saturated carbocycles. The third kappa shape index (κ3) is 37.8. The van der Waals surface area contributed by atoms with Crippen molar-refractivity contribution in [3.63, 3.8) is 0 Å². The molecular formula is C78H138N2Ni. The first-order chi connectivity index (χ1) is 39.9. The van der Waals surface area contributed by atoms with Gasteiger partial charge in [-0.25, -0.2) is 0 Å². The molecule has 2 aromatic carbocycles. The van der Waals surface area contributed by atoms with Crippen molar-refractivity contribution < 1.29 is 19.2 Å². The van der Waals surface area contributed by atoms with Crippen LogP contribution in [-0.4, -0.2) is 10.7 Å². The summed E-state index contributed by atoms with van der Waals surface area (Å²) in [6.07, 6.45) is 66.8. The van der Waals surface area contributed by atoms with Crippen LogP contribution < -0.4 is 0 Å². The van der Waals surface area contributed by atoms with Crippen molar-refractivity contribution in [2.24, 2.45) is 0 Å². The van der Waals surface area contributed by atoms with Crippen molar-refractivity contribution in [3.05, 3.63) is 85.5 Å². The molecule has 2 rings (SSSR count). The Balaban J connectivity index is 0.000000871. The Morgan fingerprint density at radius 3 is 1.00 bits per heavy atom. The van der Waals surface area contributed by atoms with Gasteiger partial charge in [-0.2, -0.15) is 0 Å². The van der Waals surface area contributed by atoms with Crippen molar-refractivity contribution in [2.45, 2.75) is 401 Å². The first-order valence-electron chi connectivity index (χ1n) is 36.3. The van der Waals surface area contributed by atoms with E-state index in [1.807, 2.05) is 14.4 Å². The fourth-order valence-electron chi connectivity index (χ4n) is 12.4. The van der Waals surface area contributed by atoms with Crippen molar-refractivity contribution in [2.75, 3.05) is 0 Å². The molecule has 0 unspecified atom stereocenters. The number of unbranched alkanes of at least 4 members (excludes halogenated alkanes) is 35. The molecule has 0 aromatic heterocycles. The van der Waals surface area contributed by atoms with Gasteiger partial charge < -0.3 is 5.53 Å². The van der Waals surface area contributed by atoms with E-state index in [1.54, 1.807) is 16.7 Å². The molecule has 0 radical (unpaired) electrons. The molecule has 0 fully saturated rings. The van der Waals surface area contributed by atoms with Crippen LogP contribution in [0.15, 0.2) is 35.4 Å². The van der Waals surface area contributed by atoms with E-state index >= 15 is 0 Å². The van der Waals surface area contributed by atoms with E-state index in [-0.39, 0.29) is 0 Å². The summed E-state index contributed by atoms with van der Waals surface area (Å²) in [5, 5.41) is 2.87. The van der Waals surface area contributed by atoms with Gasteiger partial charge >= 0.3 is 172 Å². The minimum absolute atomic E-state index is 0.899. The normalized spacial score (nSPS) is 11.7. The molecule has 0 aliphatic rings.